The van der Waals surface area contributed by atoms with Crippen LogP contribution in [0.4, 0.5) is 0 Å². The Hall–Kier alpha value is -1.59. The van der Waals surface area contributed by atoms with Gasteiger partial charge in [0.1, 0.15) is 0 Å². The summed E-state index contributed by atoms with van der Waals surface area (Å²) < 4.78 is 0. The number of amides is 2. The van der Waals surface area contributed by atoms with Gasteiger partial charge in [-0.2, -0.15) is 0 Å². The standard InChI is InChI=1S/C14H24N2O4/c1-10(14(19)20)9-16(2)12(17)7-8-15-13(18)11-5-3-4-6-11/h10-11H,3-9H2,1-2H3,(H,15,18)(H,19,20). The lowest BCUT2D eigenvalue weighted by Gasteiger charge is -2.19. The van der Waals surface area contributed by atoms with Crippen LogP contribution in [0.5, 0.6) is 0 Å². The first kappa shape index (κ1) is 16.5. The molecule has 1 fully saturated rings. The normalized spacial score (nSPS) is 16.7. The minimum absolute atomic E-state index is 0.0388. The van der Waals surface area contributed by atoms with Gasteiger partial charge in [-0.15, -0.1) is 0 Å². The number of aliphatic carboxylic acids is 1. The number of rotatable bonds is 7. The number of nitrogens with zero attached hydrogens (tertiary/aromatic N) is 1. The lowest BCUT2D eigenvalue weighted by atomic mass is 10.1. The molecule has 0 bridgehead atoms. The lowest BCUT2D eigenvalue weighted by molar-refractivity contribution is -0.142. The first-order chi connectivity index (χ1) is 9.41. The smallest absolute Gasteiger partial charge is 0.308 e. The first-order valence-electron chi connectivity index (χ1n) is 7.16. The predicted molar refractivity (Wildman–Crippen MR) is 74.0 cm³/mol. The molecule has 2 amide bonds. The third kappa shape index (κ3) is 5.19. The zero-order chi connectivity index (χ0) is 15.1. The predicted octanol–water partition coefficient (Wildman–Crippen LogP) is 0.862. The molecule has 0 aromatic carbocycles. The molecule has 0 aliphatic heterocycles. The fourth-order valence-electron chi connectivity index (χ4n) is 2.41. The molecule has 0 spiro atoms. The second-order valence-electron chi connectivity index (χ2n) is 5.54. The first-order valence-corrected chi connectivity index (χ1v) is 7.16. The van der Waals surface area contributed by atoms with E-state index in [2.05, 4.69) is 5.32 Å². The lowest BCUT2D eigenvalue weighted by Crippen LogP contribution is -2.37. The Labute approximate surface area is 119 Å². The number of carbonyl (C=O) groups excluding carboxylic acids is 2. The van der Waals surface area contributed by atoms with Crippen molar-refractivity contribution < 1.29 is 19.5 Å². The molecule has 1 rings (SSSR count). The Bertz CT molecular complexity index is 364. The number of hydrogen-bond acceptors (Lipinski definition) is 3. The second-order valence-corrected chi connectivity index (χ2v) is 5.54. The van der Waals surface area contributed by atoms with Crippen molar-refractivity contribution in [3.63, 3.8) is 0 Å². The van der Waals surface area contributed by atoms with E-state index in [1.54, 1.807) is 14.0 Å². The van der Waals surface area contributed by atoms with Crippen molar-refractivity contribution in [1.29, 1.82) is 0 Å². The topological polar surface area (TPSA) is 86.7 Å². The summed E-state index contributed by atoms with van der Waals surface area (Å²) in [6.45, 7) is 2.07. The molecule has 20 heavy (non-hydrogen) atoms. The zero-order valence-corrected chi connectivity index (χ0v) is 12.2. The van der Waals surface area contributed by atoms with Gasteiger partial charge in [-0.3, -0.25) is 14.4 Å². The minimum Gasteiger partial charge on any atom is -0.481 e. The zero-order valence-electron chi connectivity index (χ0n) is 12.2. The maximum Gasteiger partial charge on any atom is 0.308 e. The number of carboxylic acid groups (broad SMARTS) is 1. The van der Waals surface area contributed by atoms with E-state index in [0.29, 0.717) is 6.54 Å². The molecular weight excluding hydrogens is 260 g/mol. The Morgan fingerprint density at radius 1 is 1.30 bits per heavy atom. The molecular formula is C14H24N2O4. The summed E-state index contributed by atoms with van der Waals surface area (Å²) in [4.78, 5) is 35.7. The van der Waals surface area contributed by atoms with Gasteiger partial charge in [-0.05, 0) is 12.8 Å². The summed E-state index contributed by atoms with van der Waals surface area (Å²) in [5.41, 5.74) is 0. The molecule has 1 unspecified atom stereocenters. The molecule has 1 aliphatic carbocycles. The van der Waals surface area contributed by atoms with Gasteiger partial charge in [-0.1, -0.05) is 19.8 Å². The third-order valence-electron chi connectivity index (χ3n) is 3.76. The van der Waals surface area contributed by atoms with Crippen LogP contribution in [0.15, 0.2) is 0 Å². The van der Waals surface area contributed by atoms with E-state index in [4.69, 9.17) is 5.11 Å². The highest BCUT2D eigenvalue weighted by Gasteiger charge is 2.22. The quantitative estimate of drug-likeness (QED) is 0.726. The number of hydrogen-bond donors (Lipinski definition) is 2. The van der Waals surface area contributed by atoms with Crippen LogP contribution in [-0.4, -0.2) is 47.9 Å². The van der Waals surface area contributed by atoms with E-state index in [0.717, 1.165) is 25.7 Å². The van der Waals surface area contributed by atoms with Gasteiger partial charge in [0.15, 0.2) is 0 Å². The highest BCUT2D eigenvalue weighted by molar-refractivity contribution is 5.81. The van der Waals surface area contributed by atoms with E-state index in [1.807, 2.05) is 0 Å². The minimum atomic E-state index is -0.917. The Morgan fingerprint density at radius 3 is 2.45 bits per heavy atom. The van der Waals surface area contributed by atoms with Gasteiger partial charge in [0.25, 0.3) is 0 Å². The summed E-state index contributed by atoms with van der Waals surface area (Å²) in [6, 6.07) is 0. The third-order valence-corrected chi connectivity index (χ3v) is 3.76. The van der Waals surface area contributed by atoms with E-state index in [-0.39, 0.29) is 30.7 Å². The summed E-state index contributed by atoms with van der Waals surface area (Å²) in [5, 5.41) is 11.6. The van der Waals surface area contributed by atoms with Crippen molar-refractivity contribution in [2.45, 2.75) is 39.0 Å². The van der Waals surface area contributed by atoms with Gasteiger partial charge in [-0.25, -0.2) is 0 Å². The second kappa shape index (κ2) is 7.87. The average Bonchev–Trinajstić information content (AvgIpc) is 2.91. The van der Waals surface area contributed by atoms with Crippen molar-refractivity contribution in [2.75, 3.05) is 20.1 Å². The number of nitrogens with one attached hydrogen (secondary N) is 1. The molecule has 0 aromatic rings. The number of carbonyl (C=O) groups is 3. The van der Waals surface area contributed by atoms with E-state index in [9.17, 15) is 14.4 Å². The van der Waals surface area contributed by atoms with Crippen LogP contribution in [0.3, 0.4) is 0 Å². The van der Waals surface area contributed by atoms with Gasteiger partial charge >= 0.3 is 5.97 Å². The van der Waals surface area contributed by atoms with Gasteiger partial charge in [0.05, 0.1) is 5.92 Å². The highest BCUT2D eigenvalue weighted by Crippen LogP contribution is 2.24. The van der Waals surface area contributed by atoms with Gasteiger partial charge in [0, 0.05) is 32.5 Å². The Morgan fingerprint density at radius 2 is 1.90 bits per heavy atom. The summed E-state index contributed by atoms with van der Waals surface area (Å²) in [5.74, 6) is -1.51. The highest BCUT2D eigenvalue weighted by atomic mass is 16.4. The van der Waals surface area contributed by atoms with Crippen LogP contribution in [0.25, 0.3) is 0 Å². The van der Waals surface area contributed by atoms with Crippen LogP contribution >= 0.6 is 0 Å². The van der Waals surface area contributed by atoms with Crippen molar-refractivity contribution in [3.05, 3.63) is 0 Å². The van der Waals surface area contributed by atoms with Crippen LogP contribution in [0, 0.1) is 11.8 Å². The average molecular weight is 284 g/mol. The monoisotopic (exact) mass is 284 g/mol. The fraction of sp³-hybridized carbons (Fsp3) is 0.786. The molecule has 0 aromatic heterocycles. The van der Waals surface area contributed by atoms with Crippen LogP contribution < -0.4 is 5.32 Å². The maximum atomic E-state index is 11.8. The van der Waals surface area contributed by atoms with Crippen LogP contribution in [-0.2, 0) is 14.4 Å². The maximum absolute atomic E-state index is 11.8. The molecule has 1 aliphatic rings. The molecule has 1 atom stereocenters. The van der Waals surface area contributed by atoms with Crippen molar-refractivity contribution in [1.82, 2.24) is 10.2 Å². The fourth-order valence-corrected chi connectivity index (χ4v) is 2.41. The van der Waals surface area contributed by atoms with Crippen LogP contribution in [0.1, 0.15) is 39.0 Å². The summed E-state index contributed by atoms with van der Waals surface area (Å²) in [7, 11) is 1.58. The molecule has 1 saturated carbocycles. The summed E-state index contributed by atoms with van der Waals surface area (Å²) in [6.07, 6.45) is 4.30. The molecule has 114 valence electrons. The molecule has 0 radical (unpaired) electrons. The van der Waals surface area contributed by atoms with Crippen LogP contribution in [0.2, 0.25) is 0 Å². The van der Waals surface area contributed by atoms with E-state index in [1.165, 1.54) is 4.90 Å². The Kier molecular flexibility index (Phi) is 6.48. The van der Waals surface area contributed by atoms with Crippen molar-refractivity contribution in [2.24, 2.45) is 11.8 Å². The molecule has 0 heterocycles. The molecule has 2 N–H and O–H groups in total. The van der Waals surface area contributed by atoms with Crippen molar-refractivity contribution in [3.8, 4) is 0 Å². The van der Waals surface area contributed by atoms with E-state index < -0.39 is 11.9 Å². The van der Waals surface area contributed by atoms with E-state index >= 15 is 0 Å². The molecule has 6 heteroatoms. The van der Waals surface area contributed by atoms with Crippen molar-refractivity contribution >= 4 is 17.8 Å². The molecule has 0 saturated heterocycles. The SMILES string of the molecule is CC(CN(C)C(=O)CCNC(=O)C1CCCC1)C(=O)O. The Balaban J connectivity index is 2.21. The van der Waals surface area contributed by atoms with Gasteiger partial charge in [0.2, 0.25) is 11.8 Å². The van der Waals surface area contributed by atoms with Gasteiger partial charge < -0.3 is 15.3 Å². The molecule has 6 nitrogen and oxygen atoms in total. The largest absolute Gasteiger partial charge is 0.481 e. The number of carboxylic acids is 1. The summed E-state index contributed by atoms with van der Waals surface area (Å²) >= 11 is 0.